The highest BCUT2D eigenvalue weighted by Gasteiger charge is 2.25. The summed E-state index contributed by atoms with van der Waals surface area (Å²) >= 11 is 3.12. The number of hydrogen-bond donors (Lipinski definition) is 0. The molecule has 0 saturated carbocycles. The van der Waals surface area contributed by atoms with Crippen LogP contribution < -0.4 is 0 Å². The van der Waals surface area contributed by atoms with Gasteiger partial charge in [0.1, 0.15) is 6.61 Å². The van der Waals surface area contributed by atoms with Gasteiger partial charge in [-0.25, -0.2) is 4.79 Å². The quantitative estimate of drug-likeness (QED) is 0.754. The summed E-state index contributed by atoms with van der Waals surface area (Å²) in [5.41, 5.74) is 0.920. The fraction of sp³-hybridized carbons (Fsp3) is 0.429. The van der Waals surface area contributed by atoms with Gasteiger partial charge in [-0.1, -0.05) is 53.2 Å². The monoisotopic (exact) mass is 327 g/mol. The number of benzene rings is 1. The molecule has 1 rings (SSSR count). The van der Waals surface area contributed by atoms with Crippen molar-refractivity contribution in [1.29, 1.82) is 0 Å². The summed E-state index contributed by atoms with van der Waals surface area (Å²) in [4.78, 5) is 24.9. The van der Waals surface area contributed by atoms with Crippen molar-refractivity contribution in [1.82, 2.24) is 4.90 Å². The standard InChI is InChI=1S/C14H18BrNO3/c1-3-12(13(17)9-15)16(2)14(18)19-10-11-7-5-4-6-8-11/h4-8,12H,3,9-10H2,1-2H3. The summed E-state index contributed by atoms with van der Waals surface area (Å²) in [6.07, 6.45) is 0.0893. The zero-order chi connectivity index (χ0) is 14.3. The Balaban J connectivity index is 2.54. The van der Waals surface area contributed by atoms with Crippen molar-refractivity contribution in [3.63, 3.8) is 0 Å². The van der Waals surface area contributed by atoms with E-state index in [4.69, 9.17) is 4.74 Å². The molecule has 19 heavy (non-hydrogen) atoms. The zero-order valence-corrected chi connectivity index (χ0v) is 12.7. The van der Waals surface area contributed by atoms with Crippen LogP contribution in [0.5, 0.6) is 0 Å². The molecule has 1 atom stereocenters. The smallest absolute Gasteiger partial charge is 0.410 e. The molecular weight excluding hydrogens is 310 g/mol. The summed E-state index contributed by atoms with van der Waals surface area (Å²) in [6.45, 7) is 2.08. The van der Waals surface area contributed by atoms with Crippen molar-refractivity contribution in [2.24, 2.45) is 0 Å². The minimum atomic E-state index is -0.481. The lowest BCUT2D eigenvalue weighted by Crippen LogP contribution is -2.42. The third-order valence-electron chi connectivity index (χ3n) is 2.85. The van der Waals surface area contributed by atoms with E-state index in [1.165, 1.54) is 4.90 Å². The van der Waals surface area contributed by atoms with Gasteiger partial charge < -0.3 is 9.64 Å². The number of rotatable bonds is 6. The average molecular weight is 328 g/mol. The van der Waals surface area contributed by atoms with E-state index in [0.717, 1.165) is 5.56 Å². The van der Waals surface area contributed by atoms with Crippen LogP contribution in [0.15, 0.2) is 30.3 Å². The van der Waals surface area contributed by atoms with Crippen LogP contribution in [-0.4, -0.2) is 35.2 Å². The largest absolute Gasteiger partial charge is 0.445 e. The molecule has 0 aliphatic carbocycles. The van der Waals surface area contributed by atoms with Crippen LogP contribution in [0.4, 0.5) is 4.79 Å². The highest BCUT2D eigenvalue weighted by molar-refractivity contribution is 9.09. The van der Waals surface area contributed by atoms with Gasteiger partial charge >= 0.3 is 6.09 Å². The third-order valence-corrected chi connectivity index (χ3v) is 3.40. The molecule has 0 aliphatic rings. The second-order valence-corrected chi connectivity index (χ2v) is 4.74. The fourth-order valence-corrected chi connectivity index (χ4v) is 2.13. The van der Waals surface area contributed by atoms with Gasteiger partial charge in [-0.05, 0) is 12.0 Å². The Bertz CT molecular complexity index is 422. The first-order valence-corrected chi connectivity index (χ1v) is 7.24. The maximum absolute atomic E-state index is 11.9. The summed E-state index contributed by atoms with van der Waals surface area (Å²) in [7, 11) is 1.59. The van der Waals surface area contributed by atoms with Crippen molar-refractivity contribution in [3.8, 4) is 0 Å². The van der Waals surface area contributed by atoms with Crippen LogP contribution in [0.2, 0.25) is 0 Å². The zero-order valence-electron chi connectivity index (χ0n) is 11.1. The van der Waals surface area contributed by atoms with Gasteiger partial charge in [0.25, 0.3) is 0 Å². The number of nitrogens with zero attached hydrogens (tertiary/aromatic N) is 1. The van der Waals surface area contributed by atoms with Crippen molar-refractivity contribution < 1.29 is 14.3 Å². The Morgan fingerprint density at radius 1 is 1.32 bits per heavy atom. The molecule has 104 valence electrons. The number of amides is 1. The maximum atomic E-state index is 11.9. The van der Waals surface area contributed by atoms with E-state index in [-0.39, 0.29) is 17.7 Å². The molecule has 0 saturated heterocycles. The van der Waals surface area contributed by atoms with Crippen LogP contribution in [0.1, 0.15) is 18.9 Å². The normalized spacial score (nSPS) is 11.7. The van der Waals surface area contributed by atoms with Crippen LogP contribution in [0.25, 0.3) is 0 Å². The van der Waals surface area contributed by atoms with E-state index < -0.39 is 12.1 Å². The SMILES string of the molecule is CCC(C(=O)CBr)N(C)C(=O)OCc1ccccc1. The van der Waals surface area contributed by atoms with E-state index in [9.17, 15) is 9.59 Å². The van der Waals surface area contributed by atoms with Gasteiger partial charge in [0.05, 0.1) is 11.4 Å². The van der Waals surface area contributed by atoms with Crippen LogP contribution >= 0.6 is 15.9 Å². The Hall–Kier alpha value is -1.36. The molecular formula is C14H18BrNO3. The van der Waals surface area contributed by atoms with Gasteiger partial charge in [0.15, 0.2) is 5.78 Å². The predicted molar refractivity (Wildman–Crippen MR) is 77.3 cm³/mol. The number of likely N-dealkylation sites (N-methyl/N-ethyl adjacent to an activating group) is 1. The third kappa shape index (κ3) is 4.67. The van der Waals surface area contributed by atoms with Crippen LogP contribution in [0.3, 0.4) is 0 Å². The number of Topliss-reactive ketones (excluding diaryl/α,β-unsaturated/α-hetero) is 1. The topological polar surface area (TPSA) is 46.6 Å². The lowest BCUT2D eigenvalue weighted by molar-refractivity contribution is -0.120. The summed E-state index contributed by atoms with van der Waals surface area (Å²) in [6, 6.07) is 9.00. The molecule has 0 bridgehead atoms. The Morgan fingerprint density at radius 3 is 2.47 bits per heavy atom. The van der Waals surface area contributed by atoms with E-state index >= 15 is 0 Å². The summed E-state index contributed by atoms with van der Waals surface area (Å²) < 4.78 is 5.19. The maximum Gasteiger partial charge on any atom is 0.410 e. The molecule has 0 N–H and O–H groups in total. The highest BCUT2D eigenvalue weighted by atomic mass is 79.9. The Labute approximate surface area is 121 Å². The van der Waals surface area contributed by atoms with Gasteiger partial charge in [0, 0.05) is 7.05 Å². The minimum absolute atomic E-state index is 0.0262. The van der Waals surface area contributed by atoms with Crippen molar-refractivity contribution >= 4 is 27.8 Å². The number of halogens is 1. The first-order chi connectivity index (χ1) is 9.10. The lowest BCUT2D eigenvalue weighted by Gasteiger charge is -2.24. The van der Waals surface area contributed by atoms with Crippen LogP contribution in [0, 0.1) is 0 Å². The molecule has 1 amide bonds. The molecule has 0 spiro atoms. The van der Waals surface area contributed by atoms with Gasteiger partial charge in [0.2, 0.25) is 0 Å². The van der Waals surface area contributed by atoms with Crippen molar-refractivity contribution in [2.45, 2.75) is 26.0 Å². The summed E-state index contributed by atoms with van der Waals surface area (Å²) in [5, 5.41) is 0.238. The molecule has 0 aromatic heterocycles. The first-order valence-electron chi connectivity index (χ1n) is 6.12. The lowest BCUT2D eigenvalue weighted by atomic mass is 10.1. The number of ketones is 1. The van der Waals surface area contributed by atoms with Crippen LogP contribution in [-0.2, 0) is 16.1 Å². The summed E-state index contributed by atoms with van der Waals surface area (Å²) in [5.74, 6) is -0.0262. The van der Waals surface area contributed by atoms with E-state index in [1.807, 2.05) is 37.3 Å². The molecule has 4 nitrogen and oxygen atoms in total. The fourth-order valence-electron chi connectivity index (χ4n) is 1.75. The molecule has 0 radical (unpaired) electrons. The number of carbonyl (C=O) groups excluding carboxylic acids is 2. The number of alkyl halides is 1. The minimum Gasteiger partial charge on any atom is -0.445 e. The number of ether oxygens (including phenoxy) is 1. The average Bonchev–Trinajstić information content (AvgIpc) is 2.46. The van der Waals surface area contributed by atoms with Gasteiger partial charge in [-0.2, -0.15) is 0 Å². The predicted octanol–water partition coefficient (Wildman–Crippen LogP) is 3.00. The second kappa shape index (κ2) is 7.94. The molecule has 0 aliphatic heterocycles. The Morgan fingerprint density at radius 2 is 1.95 bits per heavy atom. The highest BCUT2D eigenvalue weighted by Crippen LogP contribution is 2.09. The molecule has 5 heteroatoms. The molecule has 0 fully saturated rings. The van der Waals surface area contributed by atoms with Gasteiger partial charge in [-0.3, -0.25) is 4.79 Å². The first kappa shape index (κ1) is 15.7. The molecule has 1 unspecified atom stereocenters. The van der Waals surface area contributed by atoms with Crippen molar-refractivity contribution in [3.05, 3.63) is 35.9 Å². The van der Waals surface area contributed by atoms with E-state index in [1.54, 1.807) is 7.05 Å². The van der Waals surface area contributed by atoms with E-state index in [0.29, 0.717) is 6.42 Å². The number of carbonyl (C=O) groups is 2. The molecule has 1 aromatic carbocycles. The van der Waals surface area contributed by atoms with E-state index in [2.05, 4.69) is 15.9 Å². The van der Waals surface area contributed by atoms with Crippen molar-refractivity contribution in [2.75, 3.05) is 12.4 Å². The van der Waals surface area contributed by atoms with Gasteiger partial charge in [-0.15, -0.1) is 0 Å². The second-order valence-electron chi connectivity index (χ2n) is 4.18. The Kier molecular flexibility index (Phi) is 6.56. The molecule has 0 heterocycles. The number of hydrogen-bond acceptors (Lipinski definition) is 3. The molecule has 1 aromatic rings.